The summed E-state index contributed by atoms with van der Waals surface area (Å²) in [5.74, 6) is 0.127. The molecule has 0 atom stereocenters. The number of rotatable bonds is 2. The van der Waals surface area contributed by atoms with Crippen LogP contribution in [0.5, 0.6) is 0 Å². The number of carbonyl (C=O) groups excluding carboxylic acids is 1. The highest BCUT2D eigenvalue weighted by Gasteiger charge is 2.11. The topological polar surface area (TPSA) is 32.3 Å². The van der Waals surface area contributed by atoms with Gasteiger partial charge in [-0.3, -0.25) is 10.2 Å². The summed E-state index contributed by atoms with van der Waals surface area (Å²) in [4.78, 5) is 10.8. The Morgan fingerprint density at radius 3 is 2.60 bits per heavy atom. The van der Waals surface area contributed by atoms with E-state index in [4.69, 9.17) is 0 Å². The van der Waals surface area contributed by atoms with E-state index in [0.717, 1.165) is 13.1 Å². The zero-order valence-corrected chi connectivity index (χ0v) is 6.39. The van der Waals surface area contributed by atoms with Crippen molar-refractivity contribution in [3.8, 4) is 0 Å². The van der Waals surface area contributed by atoms with Gasteiger partial charge in [-0.05, 0) is 12.8 Å². The molecule has 0 aromatic carbocycles. The summed E-state index contributed by atoms with van der Waals surface area (Å²) in [6.07, 6.45) is 3.00. The lowest BCUT2D eigenvalue weighted by molar-refractivity contribution is -0.125. The van der Waals surface area contributed by atoms with Gasteiger partial charge in [0.15, 0.2) is 0 Å². The van der Waals surface area contributed by atoms with Crippen LogP contribution < -0.4 is 5.43 Å². The van der Waals surface area contributed by atoms with Crippen molar-refractivity contribution in [2.45, 2.75) is 26.2 Å². The zero-order valence-electron chi connectivity index (χ0n) is 6.39. The van der Waals surface area contributed by atoms with Gasteiger partial charge in [0.2, 0.25) is 5.91 Å². The van der Waals surface area contributed by atoms with Crippen LogP contribution in [0.15, 0.2) is 0 Å². The van der Waals surface area contributed by atoms with E-state index in [1.165, 1.54) is 12.8 Å². The second kappa shape index (κ2) is 3.56. The fourth-order valence-electron chi connectivity index (χ4n) is 1.08. The summed E-state index contributed by atoms with van der Waals surface area (Å²) in [5.41, 5.74) is 2.82. The SMILES string of the molecule is CCC(=O)NN1CCCC1. The molecule has 1 saturated heterocycles. The lowest BCUT2D eigenvalue weighted by atomic mass is 10.4. The fraction of sp³-hybridized carbons (Fsp3) is 0.857. The van der Waals surface area contributed by atoms with Gasteiger partial charge in [-0.2, -0.15) is 0 Å². The molecule has 1 amide bonds. The van der Waals surface area contributed by atoms with Crippen molar-refractivity contribution >= 4 is 5.91 Å². The molecule has 58 valence electrons. The summed E-state index contributed by atoms with van der Waals surface area (Å²) in [6.45, 7) is 3.91. The van der Waals surface area contributed by atoms with Gasteiger partial charge < -0.3 is 0 Å². The van der Waals surface area contributed by atoms with Crippen molar-refractivity contribution in [1.29, 1.82) is 0 Å². The van der Waals surface area contributed by atoms with Crippen LogP contribution >= 0.6 is 0 Å². The Morgan fingerprint density at radius 1 is 1.50 bits per heavy atom. The third kappa shape index (κ3) is 1.99. The van der Waals surface area contributed by atoms with E-state index in [0.29, 0.717) is 6.42 Å². The second-order valence-corrected chi connectivity index (χ2v) is 2.58. The molecule has 0 aliphatic carbocycles. The maximum atomic E-state index is 10.8. The first kappa shape index (κ1) is 7.54. The van der Waals surface area contributed by atoms with Crippen LogP contribution in [0.25, 0.3) is 0 Å². The third-order valence-corrected chi connectivity index (χ3v) is 1.71. The van der Waals surface area contributed by atoms with E-state index in [9.17, 15) is 4.79 Å². The Balaban J connectivity index is 2.17. The van der Waals surface area contributed by atoms with E-state index >= 15 is 0 Å². The zero-order chi connectivity index (χ0) is 7.40. The highest BCUT2D eigenvalue weighted by molar-refractivity contribution is 5.74. The van der Waals surface area contributed by atoms with Gasteiger partial charge in [0.25, 0.3) is 0 Å². The highest BCUT2D eigenvalue weighted by atomic mass is 16.2. The minimum Gasteiger partial charge on any atom is -0.289 e. The Hall–Kier alpha value is -0.570. The van der Waals surface area contributed by atoms with Crippen LogP contribution in [-0.2, 0) is 4.79 Å². The summed E-state index contributed by atoms with van der Waals surface area (Å²) in [5, 5.41) is 1.99. The van der Waals surface area contributed by atoms with Crippen LogP contribution in [0.3, 0.4) is 0 Å². The Bertz CT molecular complexity index is 119. The van der Waals surface area contributed by atoms with Gasteiger partial charge in [-0.15, -0.1) is 0 Å². The minimum atomic E-state index is 0.127. The predicted molar refractivity (Wildman–Crippen MR) is 39.2 cm³/mol. The largest absolute Gasteiger partial charge is 0.289 e. The van der Waals surface area contributed by atoms with Crippen LogP contribution in [0.2, 0.25) is 0 Å². The molecule has 3 heteroatoms. The molecule has 1 aliphatic heterocycles. The molecular weight excluding hydrogens is 128 g/mol. The first-order valence-corrected chi connectivity index (χ1v) is 3.87. The molecule has 1 fully saturated rings. The Labute approximate surface area is 61.4 Å². The van der Waals surface area contributed by atoms with Gasteiger partial charge in [-0.1, -0.05) is 6.92 Å². The molecule has 0 aromatic heterocycles. The van der Waals surface area contributed by atoms with E-state index < -0.39 is 0 Å². The number of carbonyl (C=O) groups is 1. The van der Waals surface area contributed by atoms with Crippen molar-refractivity contribution < 1.29 is 4.79 Å². The number of amides is 1. The van der Waals surface area contributed by atoms with Crippen molar-refractivity contribution in [2.24, 2.45) is 0 Å². The molecule has 1 heterocycles. The highest BCUT2D eigenvalue weighted by Crippen LogP contribution is 2.03. The molecule has 3 nitrogen and oxygen atoms in total. The van der Waals surface area contributed by atoms with Crippen LogP contribution in [-0.4, -0.2) is 24.0 Å². The molecule has 0 saturated carbocycles. The lowest BCUT2D eigenvalue weighted by Gasteiger charge is -2.14. The van der Waals surface area contributed by atoms with Gasteiger partial charge in [0.05, 0.1) is 0 Å². The van der Waals surface area contributed by atoms with E-state index in [1.807, 2.05) is 11.9 Å². The molecule has 0 spiro atoms. The van der Waals surface area contributed by atoms with Gasteiger partial charge in [-0.25, -0.2) is 5.01 Å². The van der Waals surface area contributed by atoms with Crippen molar-refractivity contribution in [2.75, 3.05) is 13.1 Å². The van der Waals surface area contributed by atoms with E-state index in [1.54, 1.807) is 0 Å². The first-order chi connectivity index (χ1) is 4.83. The monoisotopic (exact) mass is 142 g/mol. The second-order valence-electron chi connectivity index (χ2n) is 2.58. The maximum absolute atomic E-state index is 10.8. The normalized spacial score (nSPS) is 19.3. The van der Waals surface area contributed by atoms with Gasteiger partial charge in [0.1, 0.15) is 0 Å². The summed E-state index contributed by atoms with van der Waals surface area (Å²) in [6, 6.07) is 0. The molecule has 1 rings (SSSR count). The molecule has 10 heavy (non-hydrogen) atoms. The van der Waals surface area contributed by atoms with Crippen LogP contribution in [0.1, 0.15) is 26.2 Å². The van der Waals surface area contributed by atoms with Gasteiger partial charge in [0, 0.05) is 19.5 Å². The summed E-state index contributed by atoms with van der Waals surface area (Å²) >= 11 is 0. The quantitative estimate of drug-likeness (QED) is 0.609. The van der Waals surface area contributed by atoms with Crippen molar-refractivity contribution in [3.63, 3.8) is 0 Å². The summed E-state index contributed by atoms with van der Waals surface area (Å²) < 4.78 is 0. The van der Waals surface area contributed by atoms with Crippen LogP contribution in [0, 0.1) is 0 Å². The standard InChI is InChI=1S/C7H14N2O/c1-2-7(10)8-9-5-3-4-6-9/h2-6H2,1H3,(H,8,10). The Morgan fingerprint density at radius 2 is 2.10 bits per heavy atom. The number of hydrazine groups is 1. The lowest BCUT2D eigenvalue weighted by Crippen LogP contribution is -2.39. The Kier molecular flexibility index (Phi) is 2.68. The smallest absolute Gasteiger partial charge is 0.233 e. The third-order valence-electron chi connectivity index (χ3n) is 1.71. The molecule has 1 aliphatic rings. The maximum Gasteiger partial charge on any atom is 0.233 e. The molecular formula is C7H14N2O. The molecule has 0 unspecified atom stereocenters. The molecule has 0 radical (unpaired) electrons. The van der Waals surface area contributed by atoms with E-state index in [2.05, 4.69) is 5.43 Å². The number of hydrogen-bond acceptors (Lipinski definition) is 2. The molecule has 0 bridgehead atoms. The fourth-order valence-corrected chi connectivity index (χ4v) is 1.08. The first-order valence-electron chi connectivity index (χ1n) is 3.87. The number of nitrogens with zero attached hydrogens (tertiary/aromatic N) is 1. The average molecular weight is 142 g/mol. The molecule has 1 N–H and O–H groups in total. The number of hydrogen-bond donors (Lipinski definition) is 1. The summed E-state index contributed by atoms with van der Waals surface area (Å²) in [7, 11) is 0. The minimum absolute atomic E-state index is 0.127. The van der Waals surface area contributed by atoms with Gasteiger partial charge >= 0.3 is 0 Å². The predicted octanol–water partition coefficient (Wildman–Crippen LogP) is 0.523. The average Bonchev–Trinajstić information content (AvgIpc) is 2.40. The van der Waals surface area contributed by atoms with E-state index in [-0.39, 0.29) is 5.91 Å². The van der Waals surface area contributed by atoms with Crippen molar-refractivity contribution in [3.05, 3.63) is 0 Å². The van der Waals surface area contributed by atoms with Crippen LogP contribution in [0.4, 0.5) is 0 Å². The number of nitrogens with one attached hydrogen (secondary N) is 1. The van der Waals surface area contributed by atoms with Crippen molar-refractivity contribution in [1.82, 2.24) is 10.4 Å². The molecule has 0 aromatic rings.